The molecule has 1 heterocycles. The van der Waals surface area contributed by atoms with E-state index < -0.39 is 25.9 Å². The van der Waals surface area contributed by atoms with Crippen LogP contribution in [0.5, 0.6) is 0 Å². The first kappa shape index (κ1) is 39.9. The molecule has 0 N–H and O–H groups in total. The summed E-state index contributed by atoms with van der Waals surface area (Å²) in [5.41, 5.74) is 18.9. The minimum atomic E-state index is -5.60. The molecular weight excluding hydrogens is 839 g/mol. The van der Waals surface area contributed by atoms with Crippen molar-refractivity contribution in [3.63, 3.8) is 0 Å². The van der Waals surface area contributed by atoms with Gasteiger partial charge in [-0.2, -0.15) is 0 Å². The quantitative estimate of drug-likeness (QED) is 0.114. The van der Waals surface area contributed by atoms with Gasteiger partial charge >= 0.3 is 360 Å². The number of hydrogen-bond donors (Lipinski definition) is 0. The van der Waals surface area contributed by atoms with E-state index in [4.69, 9.17) is 0 Å². The van der Waals surface area contributed by atoms with Gasteiger partial charge in [-0.05, 0) is 0 Å². The Morgan fingerprint density at radius 1 is 0.500 bits per heavy atom. The fraction of sp³-hybridized carbons (Fsp3) is 0.259. The van der Waals surface area contributed by atoms with Crippen molar-refractivity contribution in [2.45, 2.75) is 86.3 Å². The number of hydrogen-bond acceptors (Lipinski definition) is 0. The average Bonchev–Trinajstić information content (AvgIpc) is 3.93. The van der Waals surface area contributed by atoms with Crippen molar-refractivity contribution in [1.82, 2.24) is 0 Å². The van der Waals surface area contributed by atoms with Gasteiger partial charge < -0.3 is 0 Å². The SMILES string of the molecule is CCCC1=Cc2c(-c3ccccc3C(C)C)cccc2[CH]1[Zr]([Cl])([Cl])([c]1cccc2c1[SiH2]c1ccccc1-2)[CH]1C(CCC)=Cc2c(-c3ccccc3C(C)C)cccc21. The van der Waals surface area contributed by atoms with Gasteiger partial charge in [0.1, 0.15) is 0 Å². The van der Waals surface area contributed by atoms with Crippen LogP contribution in [-0.2, 0) is 16.4 Å². The van der Waals surface area contributed by atoms with Gasteiger partial charge in [-0.1, -0.05) is 0 Å². The van der Waals surface area contributed by atoms with Crippen molar-refractivity contribution >= 4 is 52.3 Å². The number of fused-ring (bicyclic) bond motifs is 5. The van der Waals surface area contributed by atoms with E-state index >= 15 is 0 Å². The zero-order valence-corrected chi connectivity index (χ0v) is 40.3. The Hall–Kier alpha value is -3.52. The molecule has 6 aromatic carbocycles. The molecule has 9 rings (SSSR count). The number of allylic oxidation sites excluding steroid dienone is 2. The Bertz CT molecular complexity index is 2510. The number of benzene rings is 6. The zero-order chi connectivity index (χ0) is 40.4. The number of rotatable bonds is 11. The monoisotopic (exact) mass is 891 g/mol. The molecule has 293 valence electrons. The van der Waals surface area contributed by atoms with Crippen LogP contribution in [0.15, 0.2) is 139 Å². The molecule has 0 saturated heterocycles. The van der Waals surface area contributed by atoms with Gasteiger partial charge in [0.2, 0.25) is 0 Å². The summed E-state index contributed by atoms with van der Waals surface area (Å²) in [5, 5.41) is 2.98. The van der Waals surface area contributed by atoms with Gasteiger partial charge in [-0.3, -0.25) is 0 Å². The van der Waals surface area contributed by atoms with E-state index in [0.717, 1.165) is 25.7 Å². The summed E-state index contributed by atoms with van der Waals surface area (Å²) in [7, 11) is 17.9. The average molecular weight is 894 g/mol. The maximum absolute atomic E-state index is 9.35. The molecule has 0 bridgehead atoms. The van der Waals surface area contributed by atoms with Crippen molar-refractivity contribution in [2.24, 2.45) is 0 Å². The third-order valence-electron chi connectivity index (χ3n) is 13.5. The predicted octanol–water partition coefficient (Wildman–Crippen LogP) is 13.9. The second-order valence-corrected chi connectivity index (χ2v) is 40.2. The fourth-order valence-corrected chi connectivity index (χ4v) is 39.2. The van der Waals surface area contributed by atoms with Crippen molar-refractivity contribution in [3.05, 3.63) is 172 Å². The molecule has 0 aromatic heterocycles. The van der Waals surface area contributed by atoms with E-state index in [0.29, 0.717) is 11.8 Å². The molecule has 0 radical (unpaired) electrons. The molecule has 3 aliphatic rings. The van der Waals surface area contributed by atoms with Gasteiger partial charge in [0.15, 0.2) is 0 Å². The van der Waals surface area contributed by atoms with E-state index in [1.54, 1.807) is 0 Å². The van der Waals surface area contributed by atoms with Crippen LogP contribution in [0.1, 0.15) is 120 Å². The summed E-state index contributed by atoms with van der Waals surface area (Å²) in [6.07, 6.45) is 9.09. The van der Waals surface area contributed by atoms with Crippen LogP contribution in [0.25, 0.3) is 45.5 Å². The normalized spacial score (nSPS) is 17.8. The predicted molar refractivity (Wildman–Crippen MR) is 254 cm³/mol. The fourth-order valence-electron chi connectivity index (χ4n) is 11.2. The summed E-state index contributed by atoms with van der Waals surface area (Å²) in [6, 6.07) is 48.1. The third kappa shape index (κ3) is 6.22. The molecule has 4 heteroatoms. The van der Waals surface area contributed by atoms with Gasteiger partial charge in [0.05, 0.1) is 0 Å². The number of halogens is 2. The van der Waals surface area contributed by atoms with Crippen molar-refractivity contribution < 1.29 is 16.4 Å². The van der Waals surface area contributed by atoms with Crippen molar-refractivity contribution in [2.75, 3.05) is 0 Å². The first-order valence-corrected chi connectivity index (χ1v) is 33.5. The molecule has 1 aliphatic heterocycles. The minimum absolute atomic E-state index is 0.0714. The van der Waals surface area contributed by atoms with Gasteiger partial charge in [-0.15, -0.1) is 0 Å². The van der Waals surface area contributed by atoms with Gasteiger partial charge in [-0.25, -0.2) is 0 Å². The Morgan fingerprint density at radius 3 is 1.43 bits per heavy atom. The topological polar surface area (TPSA) is 0 Å². The molecule has 0 fully saturated rings. The molecule has 0 nitrogen and oxygen atoms in total. The van der Waals surface area contributed by atoms with Crippen LogP contribution >= 0.6 is 17.0 Å². The van der Waals surface area contributed by atoms with Crippen LogP contribution < -0.4 is 13.6 Å². The molecule has 2 aliphatic carbocycles. The second-order valence-electron chi connectivity index (χ2n) is 17.7. The van der Waals surface area contributed by atoms with Crippen LogP contribution in [0, 0.1) is 0 Å². The second kappa shape index (κ2) is 15.5. The first-order valence-electron chi connectivity index (χ1n) is 21.7. The van der Waals surface area contributed by atoms with E-state index in [9.17, 15) is 17.0 Å². The van der Waals surface area contributed by atoms with Crippen molar-refractivity contribution in [1.29, 1.82) is 0 Å². The molecule has 6 aromatic rings. The van der Waals surface area contributed by atoms with E-state index in [1.165, 1.54) is 91.6 Å². The summed E-state index contributed by atoms with van der Waals surface area (Å²) in [6.45, 7) is 13.9. The van der Waals surface area contributed by atoms with E-state index in [-0.39, 0.29) is 7.25 Å². The Balaban J connectivity index is 1.37. The molecule has 2 unspecified atom stereocenters. The van der Waals surface area contributed by atoms with Crippen LogP contribution in [0.4, 0.5) is 0 Å². The summed E-state index contributed by atoms with van der Waals surface area (Å²) in [5.74, 6) is 0.804. The Morgan fingerprint density at radius 2 is 0.931 bits per heavy atom. The molecule has 2 atom stereocenters. The Labute approximate surface area is 357 Å². The molecule has 0 saturated carbocycles. The molecular formula is C54H55Cl2SiZr. The van der Waals surface area contributed by atoms with Gasteiger partial charge in [0.25, 0.3) is 0 Å². The molecule has 0 spiro atoms. The third-order valence-corrected chi connectivity index (χ3v) is 36.3. The Kier molecular flexibility index (Phi) is 10.7. The first-order chi connectivity index (χ1) is 28.1. The standard InChI is InChI=1S/2C21H23.C12H9Si.2ClH.Zr/c2*1-4-8-16-13-17-9-7-12-20(21(17)14-16)19-11-6-5-10-18(19)15(2)3;1-3-7-11-9(5-1)10-6-2-4-8-12(10)13-11;;;/h2*5-7,9-15H,4,8H2,1-3H3;1-7H,13H2;2*1H;/q;;;;;+2/p-2. The molecule has 0 amide bonds. The maximum atomic E-state index is 9.35. The van der Waals surface area contributed by atoms with Gasteiger partial charge in [0, 0.05) is 0 Å². The summed E-state index contributed by atoms with van der Waals surface area (Å²) < 4.78 is 1.17. The summed E-state index contributed by atoms with van der Waals surface area (Å²) >= 11 is -5.60. The van der Waals surface area contributed by atoms with Crippen LogP contribution in [0.3, 0.4) is 0 Å². The molecule has 58 heavy (non-hydrogen) atoms. The van der Waals surface area contributed by atoms with Crippen molar-refractivity contribution in [3.8, 4) is 33.4 Å². The summed E-state index contributed by atoms with van der Waals surface area (Å²) in [4.78, 5) is 0. The van der Waals surface area contributed by atoms with Crippen LogP contribution in [-0.4, -0.2) is 9.52 Å². The zero-order valence-electron chi connectivity index (χ0n) is 34.9. The van der Waals surface area contributed by atoms with E-state index in [2.05, 4.69) is 181 Å². The van der Waals surface area contributed by atoms with E-state index in [1.807, 2.05) is 0 Å². The van der Waals surface area contributed by atoms with Crippen LogP contribution in [0.2, 0.25) is 0 Å².